The minimum absolute atomic E-state index is 0.0152. The Morgan fingerprint density at radius 3 is 2.46 bits per heavy atom. The summed E-state index contributed by atoms with van der Waals surface area (Å²) in [4.78, 5) is 11.4. The van der Waals surface area contributed by atoms with Crippen LogP contribution in [0.1, 0.15) is 47.0 Å². The van der Waals surface area contributed by atoms with Crippen LogP contribution >= 0.6 is 0 Å². The van der Waals surface area contributed by atoms with Gasteiger partial charge >= 0.3 is 0 Å². The lowest BCUT2D eigenvalue weighted by Gasteiger charge is -2.49. The Hall–Kier alpha value is -0.950. The molecule has 6 heteroatoms. The third-order valence-electron chi connectivity index (χ3n) is 5.57. The molecule has 1 aliphatic carbocycles. The van der Waals surface area contributed by atoms with E-state index in [1.807, 2.05) is 13.0 Å². The number of ether oxygens (including phenoxy) is 1. The van der Waals surface area contributed by atoms with Crippen LogP contribution in [0.15, 0.2) is 35.2 Å². The minimum atomic E-state index is -3.37. The van der Waals surface area contributed by atoms with E-state index in [4.69, 9.17) is 14.5 Å². The number of hydrogen-bond donors (Lipinski definition) is 0. The van der Waals surface area contributed by atoms with Crippen LogP contribution < -0.4 is 0 Å². The van der Waals surface area contributed by atoms with E-state index in [1.54, 1.807) is 24.3 Å². The third kappa shape index (κ3) is 4.30. The molecule has 4 atom stereocenters. The third-order valence-corrected chi connectivity index (χ3v) is 7.43. The summed E-state index contributed by atoms with van der Waals surface area (Å²) in [6, 6.07) is 8.68. The largest absolute Gasteiger partial charge is 0.344 e. The lowest BCUT2D eigenvalue weighted by atomic mass is 9.65. The molecule has 5 nitrogen and oxygen atoms in total. The number of sulfone groups is 1. The second kappa shape index (κ2) is 7.23. The second-order valence-electron chi connectivity index (χ2n) is 8.78. The van der Waals surface area contributed by atoms with Gasteiger partial charge in [0, 0.05) is 12.8 Å². The zero-order valence-electron chi connectivity index (χ0n) is 16.1. The monoisotopic (exact) mass is 382 g/mol. The summed E-state index contributed by atoms with van der Waals surface area (Å²) in [6.07, 6.45) is 2.01. The topological polar surface area (TPSA) is 61.8 Å². The Morgan fingerprint density at radius 2 is 1.88 bits per heavy atom. The maximum absolute atomic E-state index is 13.0. The van der Waals surface area contributed by atoms with E-state index in [1.165, 1.54) is 0 Å². The first-order valence-electron chi connectivity index (χ1n) is 9.38. The molecule has 26 heavy (non-hydrogen) atoms. The standard InChI is InChI=1S/C20H30O5S/c1-15-13-23-20(25-24-15)11-10-18(19(2,3)4)16(12-20)14-26(21,22)17-8-6-5-7-9-17/h5-9,15-16,18H,10-14H2,1-4H3. The highest BCUT2D eigenvalue weighted by Crippen LogP contribution is 2.48. The molecular weight excluding hydrogens is 352 g/mol. The van der Waals surface area contributed by atoms with Gasteiger partial charge in [0.1, 0.15) is 6.10 Å². The van der Waals surface area contributed by atoms with E-state index < -0.39 is 15.6 Å². The van der Waals surface area contributed by atoms with E-state index in [0.717, 1.165) is 12.8 Å². The Morgan fingerprint density at radius 1 is 1.19 bits per heavy atom. The molecule has 1 aromatic carbocycles. The molecule has 0 N–H and O–H groups in total. The van der Waals surface area contributed by atoms with Crippen molar-refractivity contribution in [2.24, 2.45) is 17.3 Å². The van der Waals surface area contributed by atoms with Crippen molar-refractivity contribution in [2.75, 3.05) is 12.4 Å². The van der Waals surface area contributed by atoms with E-state index in [-0.39, 0.29) is 29.1 Å². The lowest BCUT2D eigenvalue weighted by Crippen LogP contribution is -2.51. The van der Waals surface area contributed by atoms with Crippen molar-refractivity contribution in [2.45, 2.75) is 63.7 Å². The number of rotatable bonds is 3. The van der Waals surface area contributed by atoms with Gasteiger partial charge in [-0.25, -0.2) is 18.2 Å². The Balaban J connectivity index is 1.84. The van der Waals surface area contributed by atoms with Crippen molar-refractivity contribution >= 4 is 9.84 Å². The Kier molecular flexibility index (Phi) is 5.50. The maximum atomic E-state index is 13.0. The van der Waals surface area contributed by atoms with Crippen molar-refractivity contribution in [3.63, 3.8) is 0 Å². The average molecular weight is 383 g/mol. The van der Waals surface area contributed by atoms with Crippen LogP contribution in [0.5, 0.6) is 0 Å². The van der Waals surface area contributed by atoms with Crippen LogP contribution in [0.4, 0.5) is 0 Å². The predicted molar refractivity (Wildman–Crippen MR) is 99.1 cm³/mol. The molecule has 2 aliphatic rings. The molecule has 0 bridgehead atoms. The van der Waals surface area contributed by atoms with Gasteiger partial charge in [-0.05, 0) is 42.7 Å². The quantitative estimate of drug-likeness (QED) is 0.740. The first-order chi connectivity index (χ1) is 12.1. The fourth-order valence-corrected chi connectivity index (χ4v) is 5.95. The van der Waals surface area contributed by atoms with Gasteiger partial charge in [-0.15, -0.1) is 0 Å². The van der Waals surface area contributed by atoms with E-state index >= 15 is 0 Å². The molecule has 1 saturated carbocycles. The van der Waals surface area contributed by atoms with Gasteiger partial charge in [0.05, 0.1) is 17.3 Å². The molecule has 4 unspecified atom stereocenters. The van der Waals surface area contributed by atoms with E-state index in [9.17, 15) is 8.42 Å². The van der Waals surface area contributed by atoms with Crippen molar-refractivity contribution in [1.82, 2.24) is 0 Å². The zero-order valence-corrected chi connectivity index (χ0v) is 16.9. The van der Waals surface area contributed by atoms with Gasteiger partial charge in [-0.3, -0.25) is 0 Å². The highest BCUT2D eigenvalue weighted by Gasteiger charge is 2.49. The molecule has 2 fully saturated rings. The number of hydrogen-bond acceptors (Lipinski definition) is 5. The predicted octanol–water partition coefficient (Wildman–Crippen LogP) is 3.99. The van der Waals surface area contributed by atoms with Crippen molar-refractivity contribution < 1.29 is 22.9 Å². The second-order valence-corrected chi connectivity index (χ2v) is 10.8. The average Bonchev–Trinajstić information content (AvgIpc) is 2.57. The Labute approximate surface area is 156 Å². The fraction of sp³-hybridized carbons (Fsp3) is 0.700. The summed E-state index contributed by atoms with van der Waals surface area (Å²) >= 11 is 0. The maximum Gasteiger partial charge on any atom is 0.201 e. The van der Waals surface area contributed by atoms with Crippen molar-refractivity contribution in [3.05, 3.63) is 30.3 Å². The van der Waals surface area contributed by atoms with Crippen LogP contribution in [-0.4, -0.2) is 32.7 Å². The number of benzene rings is 1. The van der Waals surface area contributed by atoms with Crippen molar-refractivity contribution in [3.8, 4) is 0 Å². The molecule has 3 rings (SSSR count). The molecule has 1 aliphatic heterocycles. The van der Waals surface area contributed by atoms with Crippen LogP contribution in [-0.2, 0) is 24.3 Å². The van der Waals surface area contributed by atoms with Gasteiger partial charge in [0.2, 0.25) is 5.79 Å². The van der Waals surface area contributed by atoms with E-state index in [2.05, 4.69) is 20.8 Å². The summed E-state index contributed by atoms with van der Waals surface area (Å²) in [5.41, 5.74) is 0.0152. The first kappa shape index (κ1) is 19.8. The highest BCUT2D eigenvalue weighted by atomic mass is 32.2. The molecule has 0 radical (unpaired) electrons. The van der Waals surface area contributed by atoms with Crippen LogP contribution in [0.3, 0.4) is 0 Å². The molecule has 1 aromatic rings. The molecule has 1 spiro atoms. The summed E-state index contributed by atoms with van der Waals surface area (Å²) in [7, 11) is -3.37. The van der Waals surface area contributed by atoms with Crippen molar-refractivity contribution in [1.29, 1.82) is 0 Å². The van der Waals surface area contributed by atoms with E-state index in [0.29, 0.717) is 17.9 Å². The van der Waals surface area contributed by atoms with Gasteiger partial charge in [0.15, 0.2) is 9.84 Å². The summed E-state index contributed by atoms with van der Waals surface area (Å²) in [5.74, 6) is -0.488. The van der Waals surface area contributed by atoms with Crippen LogP contribution in [0, 0.1) is 17.3 Å². The SMILES string of the molecule is CC1COC2(CCC(C(C)(C)C)C(CS(=O)(=O)c3ccccc3)C2)OO1. The summed E-state index contributed by atoms with van der Waals surface area (Å²) < 4.78 is 32.0. The molecule has 0 aromatic heterocycles. The smallest absolute Gasteiger partial charge is 0.201 e. The first-order valence-corrected chi connectivity index (χ1v) is 11.0. The van der Waals surface area contributed by atoms with Gasteiger partial charge in [-0.1, -0.05) is 39.0 Å². The molecule has 1 heterocycles. The normalized spacial score (nSPS) is 33.3. The van der Waals surface area contributed by atoms with Gasteiger partial charge < -0.3 is 4.74 Å². The molecule has 146 valence electrons. The molecular formula is C20H30O5S. The molecule has 0 amide bonds. The van der Waals surface area contributed by atoms with Gasteiger partial charge in [-0.2, -0.15) is 0 Å². The van der Waals surface area contributed by atoms with Crippen LogP contribution in [0.2, 0.25) is 0 Å². The summed E-state index contributed by atoms with van der Waals surface area (Å²) in [6.45, 7) is 8.90. The fourth-order valence-electron chi connectivity index (χ4n) is 4.27. The molecule has 1 saturated heterocycles. The summed E-state index contributed by atoms with van der Waals surface area (Å²) in [5, 5.41) is 0. The Bertz CT molecular complexity index is 699. The van der Waals surface area contributed by atoms with Crippen LogP contribution in [0.25, 0.3) is 0 Å². The highest BCUT2D eigenvalue weighted by molar-refractivity contribution is 7.91. The minimum Gasteiger partial charge on any atom is -0.344 e. The lowest BCUT2D eigenvalue weighted by molar-refractivity contribution is -0.492. The zero-order chi connectivity index (χ0) is 19.0. The van der Waals surface area contributed by atoms with Gasteiger partial charge in [0.25, 0.3) is 0 Å².